The van der Waals surface area contributed by atoms with Gasteiger partial charge in [-0.05, 0) is 37.4 Å². The Hall–Kier alpha value is -1.36. The molecule has 1 atom stereocenters. The van der Waals surface area contributed by atoms with Crippen molar-refractivity contribution in [2.24, 2.45) is 0 Å². The van der Waals surface area contributed by atoms with Crippen molar-refractivity contribution < 1.29 is 9.53 Å². The lowest BCUT2D eigenvalue weighted by molar-refractivity contribution is -0.142. The summed E-state index contributed by atoms with van der Waals surface area (Å²) in [6.45, 7) is 2.55. The van der Waals surface area contributed by atoms with Crippen molar-refractivity contribution in [3.05, 3.63) is 18.0 Å². The second-order valence-electron chi connectivity index (χ2n) is 4.81. The second-order valence-corrected chi connectivity index (χ2v) is 4.81. The third-order valence-electron chi connectivity index (χ3n) is 3.87. The van der Waals surface area contributed by atoms with Gasteiger partial charge >= 0.3 is 5.97 Å². The number of cyclic esters (lactones) is 1. The van der Waals surface area contributed by atoms with Gasteiger partial charge in [-0.15, -0.1) is 0 Å². The van der Waals surface area contributed by atoms with Crippen LogP contribution >= 0.6 is 0 Å². The molecule has 0 radical (unpaired) electrons. The van der Waals surface area contributed by atoms with Crippen LogP contribution in [0.2, 0.25) is 0 Å². The van der Waals surface area contributed by atoms with Gasteiger partial charge in [-0.3, -0.25) is 14.8 Å². The molecule has 0 aromatic carbocycles. The van der Waals surface area contributed by atoms with Crippen LogP contribution in [0.25, 0.3) is 0 Å². The topological polar surface area (TPSA) is 58.2 Å². The summed E-state index contributed by atoms with van der Waals surface area (Å²) in [5, 5.41) is 6.86. The zero-order chi connectivity index (χ0) is 11.7. The van der Waals surface area contributed by atoms with Crippen LogP contribution in [-0.2, 0) is 9.53 Å². The fourth-order valence-electron chi connectivity index (χ4n) is 2.85. The number of carbonyl (C=O) groups is 1. The number of esters is 1. The van der Waals surface area contributed by atoms with E-state index in [1.54, 1.807) is 0 Å². The fraction of sp³-hybridized carbons (Fsp3) is 0.667. The maximum Gasteiger partial charge on any atom is 0.323 e. The first-order valence-electron chi connectivity index (χ1n) is 6.24. The van der Waals surface area contributed by atoms with E-state index in [1.165, 1.54) is 5.56 Å². The molecule has 3 heterocycles. The minimum absolute atomic E-state index is 0.0142. The van der Waals surface area contributed by atoms with Crippen molar-refractivity contribution in [1.82, 2.24) is 15.1 Å². The number of aromatic amines is 1. The summed E-state index contributed by atoms with van der Waals surface area (Å²) in [6, 6.07) is 0.0142. The Bertz CT molecular complexity index is 382. The SMILES string of the molecule is O=C1OCC[C@@H]1N1CCC(c2cn[nH]c2)CC1. The highest BCUT2D eigenvalue weighted by Gasteiger charge is 2.34. The molecule has 0 amide bonds. The number of piperidine rings is 1. The summed E-state index contributed by atoms with van der Waals surface area (Å²) in [7, 11) is 0. The van der Waals surface area contributed by atoms with Gasteiger partial charge in [0.05, 0.1) is 12.8 Å². The zero-order valence-electron chi connectivity index (χ0n) is 9.76. The number of likely N-dealkylation sites (tertiary alicyclic amines) is 1. The number of hydrogen-bond donors (Lipinski definition) is 1. The smallest absolute Gasteiger partial charge is 0.323 e. The zero-order valence-corrected chi connectivity index (χ0v) is 9.76. The van der Waals surface area contributed by atoms with Crippen molar-refractivity contribution in [3.8, 4) is 0 Å². The van der Waals surface area contributed by atoms with Crippen LogP contribution in [0.1, 0.15) is 30.7 Å². The molecule has 5 nitrogen and oxygen atoms in total. The van der Waals surface area contributed by atoms with E-state index in [9.17, 15) is 4.79 Å². The van der Waals surface area contributed by atoms with Gasteiger partial charge in [-0.1, -0.05) is 0 Å². The summed E-state index contributed by atoms with van der Waals surface area (Å²) in [4.78, 5) is 13.8. The first kappa shape index (κ1) is 10.8. The summed E-state index contributed by atoms with van der Waals surface area (Å²) < 4.78 is 5.02. The molecule has 92 valence electrons. The molecule has 1 aromatic heterocycles. The molecule has 2 aliphatic rings. The van der Waals surface area contributed by atoms with Crippen molar-refractivity contribution >= 4 is 5.97 Å². The lowest BCUT2D eigenvalue weighted by atomic mass is 9.91. The van der Waals surface area contributed by atoms with Gasteiger partial charge in [-0.25, -0.2) is 0 Å². The Kier molecular flexibility index (Phi) is 2.84. The van der Waals surface area contributed by atoms with Gasteiger partial charge in [0.15, 0.2) is 0 Å². The predicted octanol–water partition coefficient (Wildman–Crippen LogP) is 0.905. The number of nitrogens with zero attached hydrogens (tertiary/aromatic N) is 2. The number of rotatable bonds is 2. The van der Waals surface area contributed by atoms with E-state index in [0.717, 1.165) is 32.4 Å². The summed E-state index contributed by atoms with van der Waals surface area (Å²) >= 11 is 0. The molecule has 1 aromatic rings. The van der Waals surface area contributed by atoms with E-state index in [4.69, 9.17) is 4.74 Å². The molecule has 2 aliphatic heterocycles. The largest absolute Gasteiger partial charge is 0.464 e. The van der Waals surface area contributed by atoms with Crippen molar-refractivity contribution in [2.75, 3.05) is 19.7 Å². The third-order valence-corrected chi connectivity index (χ3v) is 3.87. The molecule has 2 fully saturated rings. The van der Waals surface area contributed by atoms with Crippen LogP contribution in [0.5, 0.6) is 0 Å². The van der Waals surface area contributed by atoms with Gasteiger partial charge in [0.2, 0.25) is 0 Å². The van der Waals surface area contributed by atoms with E-state index < -0.39 is 0 Å². The molecule has 5 heteroatoms. The van der Waals surface area contributed by atoms with Gasteiger partial charge in [0.1, 0.15) is 6.04 Å². The van der Waals surface area contributed by atoms with E-state index >= 15 is 0 Å². The Labute approximate surface area is 100 Å². The lowest BCUT2D eigenvalue weighted by Crippen LogP contribution is -2.43. The average molecular weight is 235 g/mol. The van der Waals surface area contributed by atoms with Crippen molar-refractivity contribution in [3.63, 3.8) is 0 Å². The highest BCUT2D eigenvalue weighted by molar-refractivity contribution is 5.77. The summed E-state index contributed by atoms with van der Waals surface area (Å²) in [5.41, 5.74) is 1.29. The van der Waals surface area contributed by atoms with Crippen molar-refractivity contribution in [2.45, 2.75) is 31.2 Å². The Morgan fingerprint density at radius 1 is 1.35 bits per heavy atom. The molecular weight excluding hydrogens is 218 g/mol. The molecule has 0 spiro atoms. The van der Waals surface area contributed by atoms with Crippen molar-refractivity contribution in [1.29, 1.82) is 0 Å². The monoisotopic (exact) mass is 235 g/mol. The summed E-state index contributed by atoms with van der Waals surface area (Å²) in [5.74, 6) is 0.550. The van der Waals surface area contributed by atoms with E-state index in [2.05, 4.69) is 15.1 Å². The van der Waals surface area contributed by atoms with Crippen LogP contribution in [0.15, 0.2) is 12.4 Å². The van der Waals surface area contributed by atoms with Gasteiger partial charge in [0.25, 0.3) is 0 Å². The first-order valence-corrected chi connectivity index (χ1v) is 6.24. The van der Waals surface area contributed by atoms with E-state index in [-0.39, 0.29) is 12.0 Å². The van der Waals surface area contributed by atoms with Crippen LogP contribution in [0.4, 0.5) is 0 Å². The minimum atomic E-state index is -0.0354. The molecular formula is C12H17N3O2. The first-order chi connectivity index (χ1) is 8.34. The molecule has 0 aliphatic carbocycles. The lowest BCUT2D eigenvalue weighted by Gasteiger charge is -2.33. The molecule has 0 unspecified atom stereocenters. The van der Waals surface area contributed by atoms with Crippen LogP contribution < -0.4 is 0 Å². The number of aromatic nitrogens is 2. The molecule has 2 saturated heterocycles. The molecule has 0 bridgehead atoms. The number of nitrogens with one attached hydrogen (secondary N) is 1. The van der Waals surface area contributed by atoms with Crippen LogP contribution in [0.3, 0.4) is 0 Å². The highest BCUT2D eigenvalue weighted by atomic mass is 16.5. The normalized spacial score (nSPS) is 27.3. The summed E-state index contributed by atoms with van der Waals surface area (Å²) in [6.07, 6.45) is 6.94. The third kappa shape index (κ3) is 2.07. The molecule has 3 rings (SSSR count). The Morgan fingerprint density at radius 2 is 2.18 bits per heavy atom. The van der Waals surface area contributed by atoms with Crippen LogP contribution in [0, 0.1) is 0 Å². The van der Waals surface area contributed by atoms with E-state index in [0.29, 0.717) is 12.5 Å². The number of ether oxygens (including phenoxy) is 1. The van der Waals surface area contributed by atoms with Gasteiger partial charge in [-0.2, -0.15) is 5.10 Å². The predicted molar refractivity (Wildman–Crippen MR) is 61.5 cm³/mol. The van der Waals surface area contributed by atoms with E-state index in [1.807, 2.05) is 12.4 Å². The van der Waals surface area contributed by atoms with Crippen LogP contribution in [-0.4, -0.2) is 46.8 Å². The number of H-pyrrole nitrogens is 1. The number of carbonyl (C=O) groups excluding carboxylic acids is 1. The molecule has 1 N–H and O–H groups in total. The molecule has 0 saturated carbocycles. The van der Waals surface area contributed by atoms with Gasteiger partial charge in [0, 0.05) is 12.6 Å². The molecule has 17 heavy (non-hydrogen) atoms. The maximum atomic E-state index is 11.5. The maximum absolute atomic E-state index is 11.5. The average Bonchev–Trinajstić information content (AvgIpc) is 3.00. The van der Waals surface area contributed by atoms with Gasteiger partial charge < -0.3 is 4.74 Å². The quantitative estimate of drug-likeness (QED) is 0.774. The standard InChI is InChI=1S/C12H17N3O2/c16-12-11(3-6-17-12)15-4-1-9(2-5-15)10-7-13-14-8-10/h7-9,11H,1-6H2,(H,13,14)/t11-/m0/s1. The minimum Gasteiger partial charge on any atom is -0.464 e. The fourth-order valence-corrected chi connectivity index (χ4v) is 2.85. The number of hydrogen-bond acceptors (Lipinski definition) is 4. The highest BCUT2D eigenvalue weighted by Crippen LogP contribution is 2.29. The Morgan fingerprint density at radius 3 is 2.76 bits per heavy atom. The Balaban J connectivity index is 1.59. The second kappa shape index (κ2) is 4.49.